The lowest BCUT2D eigenvalue weighted by Crippen LogP contribution is -2.42. The van der Waals surface area contributed by atoms with Crippen LogP contribution in [0.2, 0.25) is 0 Å². The number of allylic oxidation sites excluding steroid dienone is 23. The Hall–Kier alpha value is -4.18. The van der Waals surface area contributed by atoms with Crippen LogP contribution >= 0.6 is 0 Å². The lowest BCUT2D eigenvalue weighted by Gasteiger charge is -2.32. The zero-order chi connectivity index (χ0) is 36.3. The number of rotatable bonds is 15. The zero-order valence-corrected chi connectivity index (χ0v) is 31.6. The van der Waals surface area contributed by atoms with Crippen LogP contribution in [0, 0.1) is 5.41 Å². The van der Waals surface area contributed by atoms with Gasteiger partial charge in [0.1, 0.15) is 5.60 Å². The molecule has 0 aromatic rings. The van der Waals surface area contributed by atoms with E-state index in [1.807, 2.05) is 44.2 Å². The normalized spacial score (nSPS) is 18.5. The fourth-order valence-corrected chi connectivity index (χ4v) is 5.23. The molecule has 260 valence electrons. The van der Waals surface area contributed by atoms with Gasteiger partial charge in [0, 0.05) is 13.8 Å². The van der Waals surface area contributed by atoms with Crippen LogP contribution in [-0.4, -0.2) is 23.6 Å². The molecule has 0 radical (unpaired) electrons. The highest BCUT2D eigenvalue weighted by atomic mass is 16.6. The fourth-order valence-electron chi connectivity index (χ4n) is 5.23. The van der Waals surface area contributed by atoms with Crippen molar-refractivity contribution in [1.29, 1.82) is 0 Å². The topological polar surface area (TPSA) is 52.6 Å². The number of hydrogen-bond acceptors (Lipinski definition) is 4. The Balaban J connectivity index is 2.70. The monoisotopic (exact) mass is 652 g/mol. The van der Waals surface area contributed by atoms with Gasteiger partial charge in [0.25, 0.3) is 0 Å². The second kappa shape index (κ2) is 20.9. The summed E-state index contributed by atoms with van der Waals surface area (Å²) in [7, 11) is 0. The van der Waals surface area contributed by atoms with Crippen molar-refractivity contribution in [2.24, 2.45) is 5.41 Å². The third kappa shape index (κ3) is 17.7. The number of hydrogen-bond donors (Lipinski definition) is 0. The van der Waals surface area contributed by atoms with E-state index in [0.717, 1.165) is 16.7 Å². The van der Waals surface area contributed by atoms with Crippen molar-refractivity contribution >= 4 is 11.9 Å². The van der Waals surface area contributed by atoms with Crippen LogP contribution in [-0.2, 0) is 19.1 Å². The van der Waals surface area contributed by atoms with Crippen LogP contribution < -0.4 is 0 Å². The summed E-state index contributed by atoms with van der Waals surface area (Å²) in [6, 6.07) is 0. The van der Waals surface area contributed by atoms with Gasteiger partial charge in [-0.2, -0.15) is 0 Å². The van der Waals surface area contributed by atoms with E-state index in [1.54, 1.807) is 19.9 Å². The first kappa shape index (κ1) is 41.8. The first-order valence-electron chi connectivity index (χ1n) is 16.9. The second-order valence-corrected chi connectivity index (χ2v) is 13.9. The molecular weight excluding hydrogens is 592 g/mol. The third-order valence-electron chi connectivity index (χ3n) is 7.96. The van der Waals surface area contributed by atoms with Crippen molar-refractivity contribution in [3.05, 3.63) is 142 Å². The summed E-state index contributed by atoms with van der Waals surface area (Å²) in [5, 5.41) is 0. The molecule has 0 saturated heterocycles. The molecule has 0 aromatic carbocycles. The molecule has 1 rings (SSSR count). The number of esters is 2. The molecule has 0 amide bonds. The van der Waals surface area contributed by atoms with E-state index in [9.17, 15) is 9.59 Å². The van der Waals surface area contributed by atoms with Crippen LogP contribution in [0.4, 0.5) is 0 Å². The summed E-state index contributed by atoms with van der Waals surface area (Å²) in [6.07, 6.45) is 38.1. The Morgan fingerprint density at radius 1 is 0.667 bits per heavy atom. The molecule has 0 saturated carbocycles. The average Bonchev–Trinajstić information content (AvgIpc) is 2.96. The first-order valence-corrected chi connectivity index (χ1v) is 16.9. The van der Waals surface area contributed by atoms with E-state index in [1.165, 1.54) is 55.4 Å². The Kier molecular flexibility index (Phi) is 18.2. The van der Waals surface area contributed by atoms with Crippen LogP contribution in [0.3, 0.4) is 0 Å². The maximum absolute atomic E-state index is 11.6. The van der Waals surface area contributed by atoms with E-state index in [-0.39, 0.29) is 5.41 Å². The highest BCUT2D eigenvalue weighted by Gasteiger charge is 2.33. The quantitative estimate of drug-likeness (QED) is 0.130. The lowest BCUT2D eigenvalue weighted by atomic mass is 9.72. The molecule has 4 heteroatoms. The Labute approximate surface area is 292 Å². The first-order chi connectivity index (χ1) is 22.4. The molecule has 1 aliphatic carbocycles. The lowest BCUT2D eigenvalue weighted by molar-refractivity contribution is -0.173. The number of ether oxygens (including phenoxy) is 2. The fraction of sp³-hybridized carbons (Fsp3) is 0.409. The molecule has 0 bridgehead atoms. The number of carbonyl (C=O) groups is 2. The summed E-state index contributed by atoms with van der Waals surface area (Å²) in [4.78, 5) is 23.0. The van der Waals surface area contributed by atoms with E-state index in [2.05, 4.69) is 108 Å². The van der Waals surface area contributed by atoms with Crippen LogP contribution in [0.25, 0.3) is 0 Å². The largest absolute Gasteiger partial charge is 0.456 e. The van der Waals surface area contributed by atoms with Gasteiger partial charge in [-0.15, -0.1) is 0 Å². The Bertz CT molecular complexity index is 1480. The van der Waals surface area contributed by atoms with Gasteiger partial charge >= 0.3 is 11.9 Å². The van der Waals surface area contributed by atoms with E-state index >= 15 is 0 Å². The molecule has 0 spiro atoms. The predicted octanol–water partition coefficient (Wildman–Crippen LogP) is 11.9. The van der Waals surface area contributed by atoms with Gasteiger partial charge in [0.05, 0.1) is 0 Å². The minimum absolute atomic E-state index is 0.266. The highest BCUT2D eigenvalue weighted by molar-refractivity contribution is 5.68. The molecular formula is C44H60O4. The highest BCUT2D eigenvalue weighted by Crippen LogP contribution is 2.40. The van der Waals surface area contributed by atoms with E-state index < -0.39 is 23.6 Å². The summed E-state index contributed by atoms with van der Waals surface area (Å²) < 4.78 is 10.7. The number of carbonyl (C=O) groups excluding carboxylic acids is 2. The van der Waals surface area contributed by atoms with Gasteiger partial charge in [0.15, 0.2) is 6.10 Å². The van der Waals surface area contributed by atoms with Gasteiger partial charge < -0.3 is 9.47 Å². The third-order valence-corrected chi connectivity index (χ3v) is 7.96. The van der Waals surface area contributed by atoms with Crippen LogP contribution in [0.1, 0.15) is 102 Å². The van der Waals surface area contributed by atoms with Crippen molar-refractivity contribution in [3.8, 4) is 0 Å². The smallest absolute Gasteiger partial charge is 0.303 e. The molecule has 1 atom stereocenters. The van der Waals surface area contributed by atoms with Crippen molar-refractivity contribution in [2.75, 3.05) is 0 Å². The summed E-state index contributed by atoms with van der Waals surface area (Å²) >= 11 is 0. The molecule has 0 fully saturated rings. The second-order valence-electron chi connectivity index (χ2n) is 13.9. The molecule has 0 N–H and O–H groups in total. The van der Waals surface area contributed by atoms with Gasteiger partial charge in [-0.05, 0) is 91.7 Å². The van der Waals surface area contributed by atoms with E-state index in [4.69, 9.17) is 9.47 Å². The summed E-state index contributed by atoms with van der Waals surface area (Å²) in [5.41, 5.74) is 7.95. The average molecular weight is 653 g/mol. The molecule has 0 aromatic heterocycles. The molecule has 0 aliphatic heterocycles. The Morgan fingerprint density at radius 2 is 1.10 bits per heavy atom. The van der Waals surface area contributed by atoms with Crippen LogP contribution in [0.5, 0.6) is 0 Å². The summed E-state index contributed by atoms with van der Waals surface area (Å²) in [6.45, 7) is 23.4. The maximum Gasteiger partial charge on any atom is 0.303 e. The zero-order valence-electron chi connectivity index (χ0n) is 31.6. The van der Waals surface area contributed by atoms with Gasteiger partial charge in [-0.1, -0.05) is 145 Å². The van der Waals surface area contributed by atoms with Gasteiger partial charge in [-0.3, -0.25) is 9.59 Å². The van der Waals surface area contributed by atoms with Crippen LogP contribution in [0.15, 0.2) is 142 Å². The molecule has 4 nitrogen and oxygen atoms in total. The molecule has 48 heavy (non-hydrogen) atoms. The SMILES string of the molecule is CC(=O)O[C@H](/C=C/C(C)=C/C=C/C(C)=C/C=C/C(C)=C/C=C/C=C(C)/C=C/C=C(C)/C=C/C1=C(C)CCCC1(C)C)C(C)(C)OC(C)=O. The van der Waals surface area contributed by atoms with Crippen molar-refractivity contribution < 1.29 is 19.1 Å². The van der Waals surface area contributed by atoms with Crippen molar-refractivity contribution in [1.82, 2.24) is 0 Å². The van der Waals surface area contributed by atoms with Crippen molar-refractivity contribution in [2.45, 2.75) is 114 Å². The standard InChI is InChI=1S/C44H60O4/c1-33(19-13-14-20-34(2)22-16-25-36(4)28-30-41-38(6)27-18-32-43(41,9)10)21-15-23-35(3)24-17-26-37(5)29-31-42(47-39(7)45)44(11,12)48-40(8)46/h13-17,19-26,28-31,42H,18,27,32H2,1-12H3/b14-13+,21-15+,22-16+,24-17+,30-28+,31-29+,33-19+,34-20+,35-23+,36-25+,37-26+/t42-/m1/s1. The van der Waals surface area contributed by atoms with E-state index in [0.29, 0.717) is 0 Å². The minimum atomic E-state index is -0.982. The molecule has 0 heterocycles. The van der Waals surface area contributed by atoms with Gasteiger partial charge in [-0.25, -0.2) is 0 Å². The van der Waals surface area contributed by atoms with Gasteiger partial charge in [0.2, 0.25) is 0 Å². The predicted molar refractivity (Wildman–Crippen MR) is 205 cm³/mol. The van der Waals surface area contributed by atoms with Crippen molar-refractivity contribution in [3.63, 3.8) is 0 Å². The molecule has 0 unspecified atom stereocenters. The molecule has 1 aliphatic rings. The minimum Gasteiger partial charge on any atom is -0.456 e. The Morgan fingerprint density at radius 3 is 1.54 bits per heavy atom. The summed E-state index contributed by atoms with van der Waals surface area (Å²) in [5.74, 6) is -0.870. The maximum atomic E-state index is 11.6.